The van der Waals surface area contributed by atoms with Crippen LogP contribution in [0.25, 0.3) is 0 Å². The first kappa shape index (κ1) is 9.25. The molecule has 0 amide bonds. The van der Waals surface area contributed by atoms with E-state index in [1.54, 1.807) is 0 Å². The minimum absolute atomic E-state index is 0.292. The predicted molar refractivity (Wildman–Crippen MR) is 47.9 cm³/mol. The van der Waals surface area contributed by atoms with Crippen molar-refractivity contribution in [3.8, 4) is 0 Å². The van der Waals surface area contributed by atoms with Gasteiger partial charge in [-0.1, -0.05) is 0 Å². The molecule has 0 unspecified atom stereocenters. The van der Waals surface area contributed by atoms with Crippen LogP contribution in [0.1, 0.15) is 12.8 Å². The van der Waals surface area contributed by atoms with E-state index in [2.05, 4.69) is 0 Å². The summed E-state index contributed by atoms with van der Waals surface area (Å²) < 4.78 is 21.6. The molecule has 5 heteroatoms. The van der Waals surface area contributed by atoms with Crippen molar-refractivity contribution in [2.75, 3.05) is 6.26 Å². The van der Waals surface area contributed by atoms with Crippen LogP contribution in [-0.2, 0) is 9.84 Å². The molecule has 1 fully saturated rings. The van der Waals surface area contributed by atoms with Crippen molar-refractivity contribution < 1.29 is 8.42 Å². The second-order valence-electron chi connectivity index (χ2n) is 3.06. The molecule has 0 aliphatic heterocycles. The molecule has 1 saturated carbocycles. The molecule has 0 bridgehead atoms. The Bertz CT molecular complexity index is 325. The molecule has 4 nitrogen and oxygen atoms in total. The van der Waals surface area contributed by atoms with Gasteiger partial charge in [-0.3, -0.25) is 0 Å². The summed E-state index contributed by atoms with van der Waals surface area (Å²) in [7, 11) is -3.11. The average Bonchev–Trinajstić information content (AvgIpc) is 2.63. The fraction of sp³-hybridized carbons (Fsp3) is 0.571. The highest BCUT2D eigenvalue weighted by atomic mass is 32.2. The van der Waals surface area contributed by atoms with Crippen LogP contribution in [0, 0.1) is 5.41 Å². The summed E-state index contributed by atoms with van der Waals surface area (Å²) in [4.78, 5) is 0. The zero-order valence-corrected chi connectivity index (χ0v) is 7.69. The lowest BCUT2D eigenvalue weighted by Crippen LogP contribution is -2.28. The number of sulfone groups is 1. The Morgan fingerprint density at radius 2 is 2.08 bits per heavy atom. The van der Waals surface area contributed by atoms with Crippen LogP contribution in [0.5, 0.6) is 0 Å². The van der Waals surface area contributed by atoms with Crippen LogP contribution in [0.2, 0.25) is 0 Å². The quantitative estimate of drug-likeness (QED) is 0.614. The largest absolute Gasteiger partial charge is 0.401 e. The summed E-state index contributed by atoms with van der Waals surface area (Å²) in [5.74, 6) is 0. The predicted octanol–water partition coefficient (Wildman–Crippen LogP) is 0.0558. The van der Waals surface area contributed by atoms with E-state index in [0.29, 0.717) is 18.5 Å². The van der Waals surface area contributed by atoms with Gasteiger partial charge in [0.05, 0.1) is 0 Å². The standard InChI is InChI=1S/C7H12N2O2S/c1-12(10,11)7(3-4-7)6(9)2-5-8/h2,5,8H,3-4,9H2,1H3. The third kappa shape index (κ3) is 1.24. The molecule has 0 aromatic rings. The van der Waals surface area contributed by atoms with Gasteiger partial charge in [-0.05, 0) is 18.9 Å². The number of rotatable bonds is 3. The van der Waals surface area contributed by atoms with E-state index < -0.39 is 14.6 Å². The van der Waals surface area contributed by atoms with Gasteiger partial charge in [-0.25, -0.2) is 8.42 Å². The molecular weight excluding hydrogens is 176 g/mol. The Labute approximate surface area is 71.9 Å². The molecule has 1 aliphatic rings. The Hall–Kier alpha value is -0.840. The first-order valence-electron chi connectivity index (χ1n) is 3.60. The lowest BCUT2D eigenvalue weighted by molar-refractivity contribution is 0.590. The maximum absolute atomic E-state index is 11.2. The van der Waals surface area contributed by atoms with Crippen molar-refractivity contribution in [3.05, 3.63) is 11.8 Å². The summed E-state index contributed by atoms with van der Waals surface area (Å²) in [5.41, 5.74) is 5.83. The van der Waals surface area contributed by atoms with Crippen molar-refractivity contribution in [1.82, 2.24) is 0 Å². The van der Waals surface area contributed by atoms with Crippen LogP contribution in [0.4, 0.5) is 0 Å². The third-order valence-electron chi connectivity index (χ3n) is 2.20. The topological polar surface area (TPSA) is 84.0 Å². The minimum Gasteiger partial charge on any atom is -0.401 e. The third-order valence-corrected chi connectivity index (χ3v) is 4.27. The Morgan fingerprint density at radius 3 is 2.33 bits per heavy atom. The maximum Gasteiger partial charge on any atom is 0.158 e. The highest BCUT2D eigenvalue weighted by Crippen LogP contribution is 2.46. The van der Waals surface area contributed by atoms with E-state index in [0.717, 1.165) is 6.21 Å². The SMILES string of the molecule is CS(=O)(=O)C1(C(N)=CC=N)CC1. The lowest BCUT2D eigenvalue weighted by Gasteiger charge is -2.12. The fourth-order valence-electron chi connectivity index (χ4n) is 1.23. The second kappa shape index (κ2) is 2.58. The van der Waals surface area contributed by atoms with Crippen LogP contribution in [0.3, 0.4) is 0 Å². The van der Waals surface area contributed by atoms with Crippen LogP contribution in [0.15, 0.2) is 11.8 Å². The smallest absolute Gasteiger partial charge is 0.158 e. The molecule has 0 radical (unpaired) electrons. The van der Waals surface area contributed by atoms with E-state index in [1.165, 1.54) is 12.3 Å². The van der Waals surface area contributed by atoms with Gasteiger partial charge in [-0.2, -0.15) is 0 Å². The summed E-state index contributed by atoms with van der Waals surface area (Å²) in [6, 6.07) is 0. The monoisotopic (exact) mass is 188 g/mol. The molecule has 68 valence electrons. The zero-order valence-electron chi connectivity index (χ0n) is 6.87. The van der Waals surface area contributed by atoms with Gasteiger partial charge in [0, 0.05) is 18.2 Å². The van der Waals surface area contributed by atoms with E-state index in [9.17, 15) is 8.42 Å². The number of nitrogens with two attached hydrogens (primary N) is 1. The van der Waals surface area contributed by atoms with E-state index in [1.807, 2.05) is 0 Å². The highest BCUT2D eigenvalue weighted by molar-refractivity contribution is 7.92. The van der Waals surface area contributed by atoms with Gasteiger partial charge in [-0.15, -0.1) is 0 Å². The Balaban J connectivity index is 3.03. The van der Waals surface area contributed by atoms with Crippen molar-refractivity contribution >= 4 is 16.1 Å². The van der Waals surface area contributed by atoms with Gasteiger partial charge < -0.3 is 11.1 Å². The fourth-order valence-corrected chi connectivity index (χ4v) is 2.57. The van der Waals surface area contributed by atoms with Gasteiger partial charge in [0.2, 0.25) is 0 Å². The molecule has 0 aromatic heterocycles. The van der Waals surface area contributed by atoms with Crippen LogP contribution >= 0.6 is 0 Å². The molecule has 3 N–H and O–H groups in total. The minimum atomic E-state index is -3.11. The number of hydrogen-bond acceptors (Lipinski definition) is 4. The molecule has 0 saturated heterocycles. The first-order valence-corrected chi connectivity index (χ1v) is 5.49. The number of nitrogens with one attached hydrogen (secondary N) is 1. The molecule has 0 spiro atoms. The Kier molecular flexibility index (Phi) is 1.99. The van der Waals surface area contributed by atoms with E-state index in [-0.39, 0.29) is 0 Å². The summed E-state index contributed by atoms with van der Waals surface area (Å²) in [5, 5.41) is 6.77. The second-order valence-corrected chi connectivity index (χ2v) is 5.38. The van der Waals surface area contributed by atoms with Crippen molar-refractivity contribution in [2.45, 2.75) is 17.6 Å². The number of allylic oxidation sites excluding steroid dienone is 1. The van der Waals surface area contributed by atoms with Gasteiger partial charge in [0.15, 0.2) is 9.84 Å². The van der Waals surface area contributed by atoms with Gasteiger partial charge in [0.1, 0.15) is 4.75 Å². The maximum atomic E-state index is 11.2. The molecule has 1 rings (SSSR count). The molecule has 1 aliphatic carbocycles. The van der Waals surface area contributed by atoms with E-state index >= 15 is 0 Å². The van der Waals surface area contributed by atoms with Crippen molar-refractivity contribution in [1.29, 1.82) is 5.41 Å². The van der Waals surface area contributed by atoms with Crippen LogP contribution < -0.4 is 5.73 Å². The van der Waals surface area contributed by atoms with Gasteiger partial charge in [0.25, 0.3) is 0 Å². The van der Waals surface area contributed by atoms with E-state index in [4.69, 9.17) is 11.1 Å². The normalized spacial score (nSPS) is 21.9. The highest BCUT2D eigenvalue weighted by Gasteiger charge is 2.54. The van der Waals surface area contributed by atoms with Crippen LogP contribution in [-0.4, -0.2) is 25.6 Å². The molecular formula is C7H12N2O2S. The number of hydrogen-bond donors (Lipinski definition) is 2. The molecule has 0 heterocycles. The molecule has 0 aromatic carbocycles. The summed E-state index contributed by atoms with van der Waals surface area (Å²) in [6.45, 7) is 0. The molecule has 0 atom stereocenters. The van der Waals surface area contributed by atoms with Gasteiger partial charge >= 0.3 is 0 Å². The Morgan fingerprint density at radius 1 is 1.58 bits per heavy atom. The van der Waals surface area contributed by atoms with Crippen molar-refractivity contribution in [2.24, 2.45) is 5.73 Å². The summed E-state index contributed by atoms with van der Waals surface area (Å²) >= 11 is 0. The summed E-state index contributed by atoms with van der Waals surface area (Å²) in [6.07, 6.45) is 4.71. The zero-order chi connectivity index (χ0) is 9.41. The lowest BCUT2D eigenvalue weighted by atomic mass is 10.3. The van der Waals surface area contributed by atoms with Crippen molar-refractivity contribution in [3.63, 3.8) is 0 Å². The average molecular weight is 188 g/mol. The molecule has 12 heavy (non-hydrogen) atoms. The first-order chi connectivity index (χ1) is 5.44.